The molecule has 1 aromatic carbocycles. The minimum Gasteiger partial charge on any atom is -0.296 e. The smallest absolute Gasteiger partial charge is 0.271 e. The Morgan fingerprint density at radius 1 is 1.17 bits per heavy atom. The van der Waals surface area contributed by atoms with E-state index in [0.717, 1.165) is 5.56 Å². The number of nitrogens with one attached hydrogen (secondary N) is 1. The van der Waals surface area contributed by atoms with E-state index in [1.165, 1.54) is 33.3 Å². The molecule has 0 fully saturated rings. The number of anilines is 1. The van der Waals surface area contributed by atoms with Gasteiger partial charge in [0.05, 0.1) is 0 Å². The van der Waals surface area contributed by atoms with Gasteiger partial charge >= 0.3 is 0 Å². The Kier molecular flexibility index (Phi) is 3.63. The van der Waals surface area contributed by atoms with Gasteiger partial charge < -0.3 is 0 Å². The van der Waals surface area contributed by atoms with Crippen molar-refractivity contribution in [2.45, 2.75) is 0 Å². The van der Waals surface area contributed by atoms with Gasteiger partial charge in [0.15, 0.2) is 4.96 Å². The summed E-state index contributed by atoms with van der Waals surface area (Å²) in [7, 11) is 0. The van der Waals surface area contributed by atoms with Crippen molar-refractivity contribution in [3.05, 3.63) is 64.0 Å². The summed E-state index contributed by atoms with van der Waals surface area (Å²) in [4.78, 5) is 29.3. The quantitative estimate of drug-likeness (QED) is 0.610. The Morgan fingerprint density at radius 3 is 2.83 bits per heavy atom. The molecule has 0 spiro atoms. The summed E-state index contributed by atoms with van der Waals surface area (Å²) in [6, 6.07) is 9.53. The van der Waals surface area contributed by atoms with Crippen molar-refractivity contribution in [3.8, 4) is 10.6 Å². The number of benzene rings is 1. The van der Waals surface area contributed by atoms with Crippen LogP contribution in [-0.4, -0.2) is 25.5 Å². The van der Waals surface area contributed by atoms with E-state index < -0.39 is 11.5 Å². The number of rotatable bonds is 3. The Bertz CT molecular complexity index is 1080. The third-order valence-corrected chi connectivity index (χ3v) is 4.91. The zero-order valence-corrected chi connectivity index (χ0v) is 13.7. The van der Waals surface area contributed by atoms with Gasteiger partial charge in [-0.15, -0.1) is 21.5 Å². The van der Waals surface area contributed by atoms with E-state index in [0.29, 0.717) is 15.1 Å². The first-order valence-electron chi connectivity index (χ1n) is 6.87. The van der Waals surface area contributed by atoms with Crippen molar-refractivity contribution in [1.82, 2.24) is 19.6 Å². The number of carbonyl (C=O) groups excluding carboxylic acids is 1. The number of carbonyl (C=O) groups is 1. The molecular weight excluding hydrogens is 346 g/mol. The number of hydrogen-bond acceptors (Lipinski definition) is 7. The van der Waals surface area contributed by atoms with Crippen molar-refractivity contribution in [2.75, 3.05) is 5.32 Å². The van der Waals surface area contributed by atoms with E-state index in [1.54, 1.807) is 11.6 Å². The number of amides is 1. The van der Waals surface area contributed by atoms with Gasteiger partial charge in [0, 0.05) is 23.3 Å². The van der Waals surface area contributed by atoms with Crippen LogP contribution in [0.2, 0.25) is 0 Å². The van der Waals surface area contributed by atoms with Crippen LogP contribution in [0, 0.1) is 0 Å². The summed E-state index contributed by atoms with van der Waals surface area (Å²) < 4.78 is 1.34. The predicted molar refractivity (Wildman–Crippen MR) is 92.6 cm³/mol. The molecule has 1 amide bonds. The van der Waals surface area contributed by atoms with Gasteiger partial charge in [-0.2, -0.15) is 0 Å². The topological polar surface area (TPSA) is 89.2 Å². The van der Waals surface area contributed by atoms with Crippen molar-refractivity contribution < 1.29 is 4.79 Å². The van der Waals surface area contributed by atoms with Crippen LogP contribution in [0.1, 0.15) is 10.4 Å². The molecular formula is C15H9N5O2S2. The Morgan fingerprint density at radius 2 is 2.00 bits per heavy atom. The fourth-order valence-electron chi connectivity index (χ4n) is 2.12. The number of fused-ring (bicyclic) bond motifs is 1. The molecule has 1 N–H and O–H groups in total. The van der Waals surface area contributed by atoms with Crippen LogP contribution < -0.4 is 10.9 Å². The summed E-state index contributed by atoms with van der Waals surface area (Å²) in [5, 5.41) is 13.4. The van der Waals surface area contributed by atoms with Crippen LogP contribution >= 0.6 is 22.7 Å². The standard InChI is InChI=1S/C15H9N5O2S2/c21-11(10-8-16-15-20(13(10)22)6-7-23-15)17-14-19-18-12(24-14)9-4-2-1-3-5-9/h1-8H,(H,17,19,21). The first kappa shape index (κ1) is 14.7. The second kappa shape index (κ2) is 5.95. The highest BCUT2D eigenvalue weighted by Gasteiger charge is 2.16. The van der Waals surface area contributed by atoms with Gasteiger partial charge in [0.1, 0.15) is 10.6 Å². The molecule has 4 aromatic rings. The number of thiazole rings is 1. The second-order valence-corrected chi connectivity index (χ2v) is 6.62. The summed E-state index contributed by atoms with van der Waals surface area (Å²) in [5.41, 5.74) is 0.464. The lowest BCUT2D eigenvalue weighted by Gasteiger charge is -2.00. The minimum absolute atomic E-state index is 0.0395. The average molecular weight is 355 g/mol. The highest BCUT2D eigenvalue weighted by Crippen LogP contribution is 2.26. The number of nitrogens with zero attached hydrogens (tertiary/aromatic N) is 4. The molecule has 7 nitrogen and oxygen atoms in total. The molecule has 0 radical (unpaired) electrons. The minimum atomic E-state index is -0.552. The maximum absolute atomic E-state index is 12.3. The third-order valence-electron chi connectivity index (χ3n) is 3.25. The molecule has 0 aliphatic carbocycles. The molecule has 0 saturated heterocycles. The van der Waals surface area contributed by atoms with Gasteiger partial charge in [-0.1, -0.05) is 41.7 Å². The molecule has 3 aromatic heterocycles. The van der Waals surface area contributed by atoms with E-state index in [4.69, 9.17) is 0 Å². The van der Waals surface area contributed by atoms with Gasteiger partial charge in [-0.25, -0.2) is 4.98 Å². The molecule has 4 rings (SSSR count). The molecule has 3 heterocycles. The van der Waals surface area contributed by atoms with Gasteiger partial charge in [0.25, 0.3) is 11.5 Å². The average Bonchev–Trinajstić information content (AvgIpc) is 3.25. The van der Waals surface area contributed by atoms with E-state index in [9.17, 15) is 9.59 Å². The Balaban J connectivity index is 1.61. The van der Waals surface area contributed by atoms with Gasteiger partial charge in [-0.05, 0) is 0 Å². The molecule has 0 atom stereocenters. The van der Waals surface area contributed by atoms with Crippen LogP contribution in [0.4, 0.5) is 5.13 Å². The first-order valence-corrected chi connectivity index (χ1v) is 8.57. The van der Waals surface area contributed by atoms with E-state index in [-0.39, 0.29) is 5.56 Å². The largest absolute Gasteiger partial charge is 0.296 e. The SMILES string of the molecule is O=C(Nc1nnc(-c2ccccc2)s1)c1cnc2sccn2c1=O. The second-order valence-electron chi connectivity index (χ2n) is 4.77. The number of aromatic nitrogens is 4. The summed E-state index contributed by atoms with van der Waals surface area (Å²) in [5.74, 6) is -0.552. The van der Waals surface area contributed by atoms with Gasteiger partial charge in [0.2, 0.25) is 5.13 Å². The molecule has 118 valence electrons. The van der Waals surface area contributed by atoms with Gasteiger partial charge in [-0.3, -0.25) is 19.3 Å². The Hall–Kier alpha value is -2.91. The van der Waals surface area contributed by atoms with Crippen LogP contribution in [-0.2, 0) is 0 Å². The molecule has 0 aliphatic heterocycles. The van der Waals surface area contributed by atoms with Crippen LogP contribution in [0.15, 0.2) is 52.9 Å². The molecule has 0 unspecified atom stereocenters. The maximum Gasteiger partial charge on any atom is 0.271 e. The van der Waals surface area contributed by atoms with Crippen LogP contribution in [0.3, 0.4) is 0 Å². The summed E-state index contributed by atoms with van der Waals surface area (Å²) >= 11 is 2.57. The Labute approximate surface area is 143 Å². The lowest BCUT2D eigenvalue weighted by Crippen LogP contribution is -2.25. The normalized spacial score (nSPS) is 10.8. The summed E-state index contributed by atoms with van der Waals surface area (Å²) in [6.07, 6.45) is 2.87. The lowest BCUT2D eigenvalue weighted by molar-refractivity contribution is 0.102. The highest BCUT2D eigenvalue weighted by molar-refractivity contribution is 7.18. The molecule has 24 heavy (non-hydrogen) atoms. The van der Waals surface area contributed by atoms with Crippen molar-refractivity contribution in [3.63, 3.8) is 0 Å². The number of hydrogen-bond donors (Lipinski definition) is 1. The van der Waals surface area contributed by atoms with E-state index >= 15 is 0 Å². The van der Waals surface area contributed by atoms with E-state index in [1.807, 2.05) is 30.3 Å². The van der Waals surface area contributed by atoms with Crippen molar-refractivity contribution in [2.24, 2.45) is 0 Å². The zero-order chi connectivity index (χ0) is 16.5. The lowest BCUT2D eigenvalue weighted by atomic mass is 10.2. The maximum atomic E-state index is 12.3. The molecule has 0 bridgehead atoms. The van der Waals surface area contributed by atoms with Crippen LogP contribution in [0.5, 0.6) is 0 Å². The van der Waals surface area contributed by atoms with Crippen molar-refractivity contribution >= 4 is 38.7 Å². The van der Waals surface area contributed by atoms with E-state index in [2.05, 4.69) is 20.5 Å². The monoisotopic (exact) mass is 355 g/mol. The predicted octanol–water partition coefficient (Wildman–Crippen LogP) is 2.53. The zero-order valence-electron chi connectivity index (χ0n) is 12.0. The van der Waals surface area contributed by atoms with Crippen molar-refractivity contribution in [1.29, 1.82) is 0 Å². The summed E-state index contributed by atoms with van der Waals surface area (Å²) in [6.45, 7) is 0. The molecule has 9 heteroatoms. The first-order chi connectivity index (χ1) is 11.7. The molecule has 0 saturated carbocycles. The fraction of sp³-hybridized carbons (Fsp3) is 0. The third kappa shape index (κ3) is 2.59. The fourth-order valence-corrected chi connectivity index (χ4v) is 3.54. The highest BCUT2D eigenvalue weighted by atomic mass is 32.1. The van der Waals surface area contributed by atoms with Crippen LogP contribution in [0.25, 0.3) is 15.5 Å². The molecule has 0 aliphatic rings.